The topological polar surface area (TPSA) is 46.6 Å². The molecule has 0 aliphatic carbocycles. The SMILES string of the molecule is Cc1ccc(S(=O)(=O)OCCCCCCCCCCCN2CCCCC2)cc1. The van der Waals surface area contributed by atoms with Gasteiger partial charge in [0.05, 0.1) is 11.5 Å². The van der Waals surface area contributed by atoms with E-state index >= 15 is 0 Å². The zero-order valence-electron chi connectivity index (χ0n) is 17.7. The quantitative estimate of drug-likeness (QED) is 0.292. The third kappa shape index (κ3) is 9.53. The lowest BCUT2D eigenvalue weighted by atomic mass is 10.1. The molecule has 0 saturated carbocycles. The van der Waals surface area contributed by atoms with E-state index in [1.54, 1.807) is 24.3 Å². The molecular formula is C23H39NO3S. The van der Waals surface area contributed by atoms with Gasteiger partial charge in [-0.3, -0.25) is 4.18 Å². The molecular weight excluding hydrogens is 370 g/mol. The van der Waals surface area contributed by atoms with Crippen molar-refractivity contribution in [1.29, 1.82) is 0 Å². The van der Waals surface area contributed by atoms with Gasteiger partial charge in [-0.15, -0.1) is 0 Å². The Morgan fingerprint density at radius 2 is 1.32 bits per heavy atom. The molecule has 4 nitrogen and oxygen atoms in total. The van der Waals surface area contributed by atoms with Gasteiger partial charge in [-0.1, -0.05) is 69.1 Å². The normalized spacial score (nSPS) is 15.8. The molecule has 0 unspecified atom stereocenters. The Hall–Kier alpha value is -0.910. The highest BCUT2D eigenvalue weighted by molar-refractivity contribution is 7.86. The van der Waals surface area contributed by atoms with Gasteiger partial charge in [0.15, 0.2) is 0 Å². The van der Waals surface area contributed by atoms with Gasteiger partial charge in [-0.2, -0.15) is 8.42 Å². The fraction of sp³-hybridized carbons (Fsp3) is 0.739. The Morgan fingerprint density at radius 3 is 1.93 bits per heavy atom. The lowest BCUT2D eigenvalue weighted by Gasteiger charge is -2.26. The van der Waals surface area contributed by atoms with Gasteiger partial charge in [-0.05, 0) is 64.4 Å². The van der Waals surface area contributed by atoms with Gasteiger partial charge in [0.1, 0.15) is 0 Å². The van der Waals surface area contributed by atoms with Crippen LogP contribution in [-0.2, 0) is 14.3 Å². The van der Waals surface area contributed by atoms with Crippen molar-refractivity contribution in [3.63, 3.8) is 0 Å². The summed E-state index contributed by atoms with van der Waals surface area (Å²) < 4.78 is 29.3. The van der Waals surface area contributed by atoms with Crippen LogP contribution in [0.25, 0.3) is 0 Å². The van der Waals surface area contributed by atoms with Crippen LogP contribution in [-0.4, -0.2) is 39.6 Å². The van der Waals surface area contributed by atoms with Crippen molar-refractivity contribution < 1.29 is 12.6 Å². The third-order valence-corrected chi connectivity index (χ3v) is 6.94. The smallest absolute Gasteiger partial charge is 0.296 e. The molecule has 0 bridgehead atoms. The van der Waals surface area contributed by atoms with Crippen LogP contribution >= 0.6 is 0 Å². The first-order chi connectivity index (χ1) is 13.6. The second-order valence-electron chi connectivity index (χ2n) is 8.17. The highest BCUT2D eigenvalue weighted by Crippen LogP contribution is 2.15. The van der Waals surface area contributed by atoms with Crippen molar-refractivity contribution in [2.45, 2.75) is 88.9 Å². The molecule has 0 amide bonds. The maximum absolute atomic E-state index is 12.1. The molecule has 1 aliphatic heterocycles. The second-order valence-corrected chi connectivity index (χ2v) is 9.79. The van der Waals surface area contributed by atoms with Crippen LogP contribution in [0, 0.1) is 6.92 Å². The minimum absolute atomic E-state index is 0.249. The Labute approximate surface area is 172 Å². The summed E-state index contributed by atoms with van der Waals surface area (Å²) >= 11 is 0. The van der Waals surface area contributed by atoms with Crippen molar-refractivity contribution in [1.82, 2.24) is 4.90 Å². The number of aryl methyl sites for hydroxylation is 1. The number of hydrogen-bond acceptors (Lipinski definition) is 4. The lowest BCUT2D eigenvalue weighted by molar-refractivity contribution is 0.224. The maximum Gasteiger partial charge on any atom is 0.296 e. The van der Waals surface area contributed by atoms with Gasteiger partial charge in [0, 0.05) is 0 Å². The van der Waals surface area contributed by atoms with Crippen molar-refractivity contribution >= 4 is 10.1 Å². The first-order valence-electron chi connectivity index (χ1n) is 11.3. The lowest BCUT2D eigenvalue weighted by Crippen LogP contribution is -2.30. The van der Waals surface area contributed by atoms with E-state index in [2.05, 4.69) is 4.90 Å². The van der Waals surface area contributed by atoms with Gasteiger partial charge in [-0.25, -0.2) is 0 Å². The maximum atomic E-state index is 12.1. The van der Waals surface area contributed by atoms with Crippen LogP contribution in [0.3, 0.4) is 0 Å². The fourth-order valence-corrected chi connectivity index (χ4v) is 4.74. The summed E-state index contributed by atoms with van der Waals surface area (Å²) in [6.07, 6.45) is 15.2. The number of nitrogens with zero attached hydrogens (tertiary/aromatic N) is 1. The van der Waals surface area contributed by atoms with E-state index in [9.17, 15) is 8.42 Å². The third-order valence-electron chi connectivity index (χ3n) is 5.62. The highest BCUT2D eigenvalue weighted by atomic mass is 32.2. The van der Waals surface area contributed by atoms with E-state index < -0.39 is 10.1 Å². The van der Waals surface area contributed by atoms with Crippen LogP contribution in [0.15, 0.2) is 29.2 Å². The zero-order chi connectivity index (χ0) is 20.1. The molecule has 1 aromatic carbocycles. The molecule has 0 aromatic heterocycles. The second kappa shape index (κ2) is 13.3. The van der Waals surface area contributed by atoms with Crippen molar-refractivity contribution in [2.24, 2.45) is 0 Å². The minimum Gasteiger partial charge on any atom is -0.303 e. The molecule has 5 heteroatoms. The molecule has 28 heavy (non-hydrogen) atoms. The number of likely N-dealkylation sites (tertiary alicyclic amines) is 1. The van der Waals surface area contributed by atoms with Crippen molar-refractivity contribution in [3.05, 3.63) is 29.8 Å². The zero-order valence-corrected chi connectivity index (χ0v) is 18.5. The van der Waals surface area contributed by atoms with Crippen LogP contribution in [0.2, 0.25) is 0 Å². The molecule has 160 valence electrons. The molecule has 1 saturated heterocycles. The number of rotatable bonds is 14. The summed E-state index contributed by atoms with van der Waals surface area (Å²) in [6.45, 7) is 6.15. The Morgan fingerprint density at radius 1 is 0.786 bits per heavy atom. The average Bonchev–Trinajstić information content (AvgIpc) is 2.70. The van der Waals surface area contributed by atoms with E-state index in [0.29, 0.717) is 0 Å². The number of piperidine rings is 1. The first-order valence-corrected chi connectivity index (χ1v) is 12.7. The summed E-state index contributed by atoms with van der Waals surface area (Å²) in [7, 11) is -3.60. The largest absolute Gasteiger partial charge is 0.303 e. The standard InChI is InChI=1S/C23H39NO3S/c1-22-14-16-23(17-15-22)28(25,26)27-21-13-8-6-4-2-3-5-7-10-18-24-19-11-9-12-20-24/h14-17H,2-13,18-21H2,1H3. The summed E-state index contributed by atoms with van der Waals surface area (Å²) in [6, 6.07) is 6.81. The summed E-state index contributed by atoms with van der Waals surface area (Å²) in [5, 5.41) is 0. The number of benzene rings is 1. The molecule has 1 aliphatic rings. The summed E-state index contributed by atoms with van der Waals surface area (Å²) in [5.41, 5.74) is 1.04. The summed E-state index contributed by atoms with van der Waals surface area (Å²) in [5.74, 6) is 0. The molecule has 1 heterocycles. The van der Waals surface area contributed by atoms with Crippen LogP contribution in [0.5, 0.6) is 0 Å². The molecule has 0 N–H and O–H groups in total. The predicted molar refractivity (Wildman–Crippen MR) is 116 cm³/mol. The molecule has 1 fully saturated rings. The first kappa shape index (κ1) is 23.4. The molecule has 0 spiro atoms. The van der Waals surface area contributed by atoms with E-state index in [-0.39, 0.29) is 11.5 Å². The Kier molecular flexibility index (Phi) is 11.1. The van der Waals surface area contributed by atoms with Crippen molar-refractivity contribution in [2.75, 3.05) is 26.2 Å². The van der Waals surface area contributed by atoms with Gasteiger partial charge in [0.25, 0.3) is 10.1 Å². The molecule has 2 rings (SSSR count). The van der Waals surface area contributed by atoms with Gasteiger partial charge >= 0.3 is 0 Å². The van der Waals surface area contributed by atoms with Gasteiger partial charge < -0.3 is 4.90 Å². The molecule has 1 aromatic rings. The van der Waals surface area contributed by atoms with Crippen LogP contribution in [0.1, 0.15) is 82.6 Å². The number of unbranched alkanes of at least 4 members (excludes halogenated alkanes) is 8. The van der Waals surface area contributed by atoms with Gasteiger partial charge in [0.2, 0.25) is 0 Å². The van der Waals surface area contributed by atoms with E-state index in [1.165, 1.54) is 83.8 Å². The minimum atomic E-state index is -3.60. The van der Waals surface area contributed by atoms with E-state index in [4.69, 9.17) is 4.18 Å². The summed E-state index contributed by atoms with van der Waals surface area (Å²) in [4.78, 5) is 2.88. The highest BCUT2D eigenvalue weighted by Gasteiger charge is 2.14. The van der Waals surface area contributed by atoms with E-state index in [1.807, 2.05) is 6.92 Å². The van der Waals surface area contributed by atoms with Crippen LogP contribution in [0.4, 0.5) is 0 Å². The predicted octanol–water partition coefficient (Wildman–Crippen LogP) is 5.70. The van der Waals surface area contributed by atoms with E-state index in [0.717, 1.165) is 18.4 Å². The van der Waals surface area contributed by atoms with Crippen LogP contribution < -0.4 is 0 Å². The fourth-order valence-electron chi connectivity index (χ4n) is 3.80. The number of hydrogen-bond donors (Lipinski definition) is 0. The average molecular weight is 410 g/mol. The molecule has 0 atom stereocenters. The van der Waals surface area contributed by atoms with Crippen molar-refractivity contribution in [3.8, 4) is 0 Å². The monoisotopic (exact) mass is 409 g/mol. The Bertz CT molecular complexity index is 622. The Balaban J connectivity index is 1.39. The molecule has 0 radical (unpaired) electrons.